The molecule has 0 spiro atoms. The molecule has 0 radical (unpaired) electrons. The number of pyridine rings is 1. The van der Waals surface area contributed by atoms with E-state index in [4.69, 9.17) is 10.5 Å². The number of rotatable bonds is 7. The van der Waals surface area contributed by atoms with Crippen LogP contribution in [0.15, 0.2) is 6.20 Å². The van der Waals surface area contributed by atoms with Crippen LogP contribution in [0.3, 0.4) is 0 Å². The Bertz CT molecular complexity index is 440. The van der Waals surface area contributed by atoms with Crippen molar-refractivity contribution in [1.82, 2.24) is 4.98 Å². The molecule has 3 N–H and O–H groups in total. The van der Waals surface area contributed by atoms with E-state index in [0.717, 1.165) is 29.0 Å². The minimum atomic E-state index is -0.299. The fourth-order valence-electron chi connectivity index (χ4n) is 2.88. The minimum absolute atomic E-state index is 0.0823. The Hall–Kier alpha value is -1.13. The molecule has 4 nitrogen and oxygen atoms in total. The summed E-state index contributed by atoms with van der Waals surface area (Å²) in [7, 11) is 1.68. The molecule has 0 aromatic carbocycles. The largest absolute Gasteiger partial charge is 0.496 e. The topological polar surface area (TPSA) is 68.4 Å². The molecule has 0 aliphatic rings. The summed E-state index contributed by atoms with van der Waals surface area (Å²) in [6, 6.07) is 0. The van der Waals surface area contributed by atoms with Crippen LogP contribution in [-0.4, -0.2) is 30.4 Å². The molecule has 0 aliphatic carbocycles. The van der Waals surface area contributed by atoms with Gasteiger partial charge in [0.05, 0.1) is 13.7 Å². The number of methoxy groups -OCH3 is 1. The standard InChI is InChI=1S/C16H28N2O2/c1-11(2)6-16(9-17,10-19)7-14-13(4)15(20-5)12(3)8-18-14/h8,11,19H,6-7,9-10,17H2,1-5H3. The lowest BCUT2D eigenvalue weighted by molar-refractivity contribution is 0.106. The highest BCUT2D eigenvalue weighted by atomic mass is 16.5. The summed E-state index contributed by atoms with van der Waals surface area (Å²) in [4.78, 5) is 4.53. The molecular formula is C16H28N2O2. The number of hydrogen-bond donors (Lipinski definition) is 2. The molecule has 1 aromatic rings. The first-order valence-electron chi connectivity index (χ1n) is 7.19. The molecule has 114 valence electrons. The lowest BCUT2D eigenvalue weighted by Gasteiger charge is -2.32. The van der Waals surface area contributed by atoms with Crippen molar-refractivity contribution in [3.8, 4) is 5.75 Å². The molecule has 0 fully saturated rings. The number of aliphatic hydroxyl groups excluding tert-OH is 1. The monoisotopic (exact) mass is 280 g/mol. The van der Waals surface area contributed by atoms with Gasteiger partial charge in [-0.05, 0) is 32.6 Å². The first-order chi connectivity index (χ1) is 9.39. The summed E-state index contributed by atoms with van der Waals surface area (Å²) in [5, 5.41) is 9.82. The zero-order valence-electron chi connectivity index (χ0n) is 13.4. The van der Waals surface area contributed by atoms with E-state index < -0.39 is 0 Å². The van der Waals surface area contributed by atoms with Gasteiger partial charge in [-0.3, -0.25) is 4.98 Å². The second-order valence-electron chi connectivity index (χ2n) is 6.18. The second-order valence-corrected chi connectivity index (χ2v) is 6.18. The fourth-order valence-corrected chi connectivity index (χ4v) is 2.88. The maximum atomic E-state index is 9.82. The summed E-state index contributed by atoms with van der Waals surface area (Å²) < 4.78 is 5.45. The van der Waals surface area contributed by atoms with Gasteiger partial charge in [0.1, 0.15) is 5.75 Å². The van der Waals surface area contributed by atoms with Crippen LogP contribution in [0.5, 0.6) is 5.75 Å². The van der Waals surface area contributed by atoms with E-state index in [1.807, 2.05) is 20.0 Å². The van der Waals surface area contributed by atoms with E-state index in [0.29, 0.717) is 18.9 Å². The van der Waals surface area contributed by atoms with Crippen molar-refractivity contribution in [1.29, 1.82) is 0 Å². The van der Waals surface area contributed by atoms with E-state index in [2.05, 4.69) is 18.8 Å². The van der Waals surface area contributed by atoms with Crippen molar-refractivity contribution in [2.75, 3.05) is 20.3 Å². The van der Waals surface area contributed by atoms with Gasteiger partial charge >= 0.3 is 0 Å². The maximum Gasteiger partial charge on any atom is 0.128 e. The Balaban J connectivity index is 3.12. The molecular weight excluding hydrogens is 252 g/mol. The lowest BCUT2D eigenvalue weighted by Crippen LogP contribution is -2.38. The van der Waals surface area contributed by atoms with Gasteiger partial charge < -0.3 is 15.6 Å². The van der Waals surface area contributed by atoms with E-state index in [1.165, 1.54) is 0 Å². The van der Waals surface area contributed by atoms with Crippen LogP contribution in [-0.2, 0) is 6.42 Å². The van der Waals surface area contributed by atoms with Crippen molar-refractivity contribution < 1.29 is 9.84 Å². The number of aromatic nitrogens is 1. The van der Waals surface area contributed by atoms with E-state index >= 15 is 0 Å². The SMILES string of the molecule is COc1c(C)cnc(CC(CN)(CO)CC(C)C)c1C. The third-order valence-electron chi connectivity index (χ3n) is 3.90. The van der Waals surface area contributed by atoms with Gasteiger partial charge in [-0.15, -0.1) is 0 Å². The van der Waals surface area contributed by atoms with Gasteiger partial charge in [0, 0.05) is 35.0 Å². The second kappa shape index (κ2) is 7.04. The third kappa shape index (κ3) is 3.70. The Morgan fingerprint density at radius 1 is 1.40 bits per heavy atom. The predicted molar refractivity (Wildman–Crippen MR) is 82.0 cm³/mol. The number of aliphatic hydroxyl groups is 1. The van der Waals surface area contributed by atoms with Crippen molar-refractivity contribution >= 4 is 0 Å². The van der Waals surface area contributed by atoms with E-state index in [-0.39, 0.29) is 12.0 Å². The van der Waals surface area contributed by atoms with E-state index in [1.54, 1.807) is 7.11 Å². The number of nitrogens with two attached hydrogens (primary N) is 1. The maximum absolute atomic E-state index is 9.82. The molecule has 4 heteroatoms. The molecule has 1 rings (SSSR count). The van der Waals surface area contributed by atoms with Crippen molar-refractivity contribution in [3.05, 3.63) is 23.0 Å². The Labute approximate surface area is 122 Å². The Morgan fingerprint density at radius 2 is 2.05 bits per heavy atom. The van der Waals surface area contributed by atoms with Gasteiger partial charge in [0.2, 0.25) is 0 Å². The summed E-state index contributed by atoms with van der Waals surface area (Å²) in [5.74, 6) is 1.36. The van der Waals surface area contributed by atoms with Crippen LogP contribution in [0.4, 0.5) is 0 Å². The smallest absolute Gasteiger partial charge is 0.128 e. The number of hydrogen-bond acceptors (Lipinski definition) is 4. The van der Waals surface area contributed by atoms with Crippen molar-refractivity contribution in [2.24, 2.45) is 17.1 Å². The molecule has 1 unspecified atom stereocenters. The van der Waals surface area contributed by atoms with Crippen LogP contribution in [0, 0.1) is 25.2 Å². The molecule has 20 heavy (non-hydrogen) atoms. The van der Waals surface area contributed by atoms with Crippen LogP contribution in [0.25, 0.3) is 0 Å². The highest BCUT2D eigenvalue weighted by Gasteiger charge is 2.31. The summed E-state index contributed by atoms with van der Waals surface area (Å²) in [5.41, 5.74) is 8.68. The quantitative estimate of drug-likeness (QED) is 0.803. The molecule has 0 saturated carbocycles. The van der Waals surface area contributed by atoms with Crippen LogP contribution in [0.2, 0.25) is 0 Å². The fraction of sp³-hybridized carbons (Fsp3) is 0.688. The molecule has 1 atom stereocenters. The number of nitrogens with zero attached hydrogens (tertiary/aromatic N) is 1. The average Bonchev–Trinajstić information content (AvgIpc) is 2.41. The summed E-state index contributed by atoms with van der Waals surface area (Å²) in [6.07, 6.45) is 3.40. The third-order valence-corrected chi connectivity index (χ3v) is 3.90. The molecule has 0 bridgehead atoms. The molecule has 0 amide bonds. The zero-order valence-corrected chi connectivity index (χ0v) is 13.4. The van der Waals surface area contributed by atoms with E-state index in [9.17, 15) is 5.11 Å². The van der Waals surface area contributed by atoms with Crippen molar-refractivity contribution in [2.45, 2.75) is 40.5 Å². The minimum Gasteiger partial charge on any atom is -0.496 e. The average molecular weight is 280 g/mol. The van der Waals surface area contributed by atoms with Gasteiger partial charge in [-0.1, -0.05) is 13.8 Å². The molecule has 1 heterocycles. The number of ether oxygens (including phenoxy) is 1. The normalized spacial score (nSPS) is 14.4. The lowest BCUT2D eigenvalue weighted by atomic mass is 9.76. The van der Waals surface area contributed by atoms with Gasteiger partial charge in [0.15, 0.2) is 0 Å². The Kier molecular flexibility index (Phi) is 5.96. The summed E-state index contributed by atoms with van der Waals surface area (Å²) >= 11 is 0. The van der Waals surface area contributed by atoms with Crippen molar-refractivity contribution in [3.63, 3.8) is 0 Å². The van der Waals surface area contributed by atoms with Gasteiger partial charge in [-0.25, -0.2) is 0 Å². The predicted octanol–water partition coefficient (Wildman–Crippen LogP) is 2.23. The molecule has 0 aliphatic heterocycles. The highest BCUT2D eigenvalue weighted by molar-refractivity contribution is 5.41. The highest BCUT2D eigenvalue weighted by Crippen LogP contribution is 2.32. The van der Waals surface area contributed by atoms with Crippen LogP contribution >= 0.6 is 0 Å². The van der Waals surface area contributed by atoms with Gasteiger partial charge in [0.25, 0.3) is 0 Å². The van der Waals surface area contributed by atoms with Crippen LogP contribution in [0.1, 0.15) is 37.1 Å². The number of aryl methyl sites for hydroxylation is 1. The Morgan fingerprint density at radius 3 is 2.50 bits per heavy atom. The first kappa shape index (κ1) is 16.9. The van der Waals surface area contributed by atoms with Crippen LogP contribution < -0.4 is 10.5 Å². The molecule has 1 aromatic heterocycles. The zero-order chi connectivity index (χ0) is 15.3. The first-order valence-corrected chi connectivity index (χ1v) is 7.19. The molecule has 0 saturated heterocycles. The van der Waals surface area contributed by atoms with Gasteiger partial charge in [-0.2, -0.15) is 0 Å². The summed E-state index contributed by atoms with van der Waals surface area (Å²) in [6.45, 7) is 8.84.